The van der Waals surface area contributed by atoms with Gasteiger partial charge in [0.25, 0.3) is 23.5 Å². The fourth-order valence-electron chi connectivity index (χ4n) is 5.61. The first-order valence-corrected chi connectivity index (χ1v) is 11.8. The Balaban J connectivity index is 1.46. The van der Waals surface area contributed by atoms with E-state index in [1.165, 1.54) is 20.9 Å². The van der Waals surface area contributed by atoms with E-state index in [4.69, 9.17) is 0 Å². The number of likely N-dealkylation sites (N-methyl/N-ethyl adjacent to an activating group) is 1. The van der Waals surface area contributed by atoms with Crippen LogP contribution in [0.4, 0.5) is 23.2 Å². The molecule has 3 amide bonds. The molecule has 2 fully saturated rings. The van der Waals surface area contributed by atoms with Gasteiger partial charge in [-0.2, -0.15) is 0 Å². The Hall–Kier alpha value is -3.70. The van der Waals surface area contributed by atoms with Crippen molar-refractivity contribution in [3.8, 4) is 0 Å². The van der Waals surface area contributed by atoms with Crippen molar-refractivity contribution in [3.63, 3.8) is 0 Å². The molecule has 2 aliphatic carbocycles. The van der Waals surface area contributed by atoms with E-state index in [-0.39, 0.29) is 40.0 Å². The summed E-state index contributed by atoms with van der Waals surface area (Å²) in [5, 5.41) is 6.90. The Morgan fingerprint density at radius 2 is 1.65 bits per heavy atom. The number of carbonyl (C=O) groups excluding carboxylic acids is 4. The molecule has 3 aliphatic rings. The van der Waals surface area contributed by atoms with Gasteiger partial charge in [0.2, 0.25) is 5.91 Å². The van der Waals surface area contributed by atoms with Gasteiger partial charge in [-0.15, -0.1) is 0 Å². The molecule has 8 nitrogen and oxygen atoms in total. The van der Waals surface area contributed by atoms with E-state index in [1.54, 1.807) is 4.57 Å². The minimum absolute atomic E-state index is 0.0331. The van der Waals surface area contributed by atoms with Crippen molar-refractivity contribution in [2.45, 2.75) is 57.0 Å². The number of fused-ring (bicyclic) bond motifs is 3. The summed E-state index contributed by atoms with van der Waals surface area (Å²) >= 11 is 0. The quantitative estimate of drug-likeness (QED) is 0.309. The van der Waals surface area contributed by atoms with E-state index in [2.05, 4.69) is 16.0 Å². The van der Waals surface area contributed by atoms with Gasteiger partial charge in [-0.1, -0.05) is 0 Å². The molecule has 0 unspecified atom stereocenters. The average Bonchev–Trinajstić information content (AvgIpc) is 3.38. The Morgan fingerprint density at radius 3 is 2.22 bits per heavy atom. The number of nitrogens with zero attached hydrogens (tertiary/aromatic N) is 1. The van der Waals surface area contributed by atoms with Crippen LogP contribution in [0.3, 0.4) is 0 Å². The summed E-state index contributed by atoms with van der Waals surface area (Å²) in [5.41, 5.74) is -1.55. The lowest BCUT2D eigenvalue weighted by atomic mass is 9.72. The summed E-state index contributed by atoms with van der Waals surface area (Å²) < 4.78 is 56.9. The maximum atomic E-state index is 14.0. The second-order valence-electron chi connectivity index (χ2n) is 10.1. The smallest absolute Gasteiger partial charge is 0.293 e. The van der Waals surface area contributed by atoms with Crippen molar-refractivity contribution in [1.29, 1.82) is 0 Å². The molecule has 1 aromatic heterocycles. The van der Waals surface area contributed by atoms with Gasteiger partial charge in [0.15, 0.2) is 0 Å². The van der Waals surface area contributed by atoms with Crippen molar-refractivity contribution < 1.29 is 36.7 Å². The third kappa shape index (κ3) is 3.89. The molecule has 3 N–H and O–H groups in total. The number of aromatic nitrogens is 1. The van der Waals surface area contributed by atoms with Gasteiger partial charge in [-0.3, -0.25) is 19.2 Å². The molecule has 0 saturated heterocycles. The number of rotatable bonds is 6. The molecule has 196 valence electrons. The Kier molecular flexibility index (Phi) is 5.50. The number of halogens is 4. The van der Waals surface area contributed by atoms with Crippen LogP contribution < -0.4 is 16.0 Å². The van der Waals surface area contributed by atoms with Gasteiger partial charge in [0.05, 0.1) is 5.56 Å². The van der Waals surface area contributed by atoms with Crippen LogP contribution in [-0.4, -0.2) is 46.6 Å². The number of hydrogen-bond donors (Lipinski definition) is 3. The first-order valence-electron chi connectivity index (χ1n) is 11.8. The molecule has 2 heterocycles. The molecule has 2 aromatic rings. The second kappa shape index (κ2) is 8.15. The van der Waals surface area contributed by atoms with Gasteiger partial charge in [-0.25, -0.2) is 17.6 Å². The molecule has 2 atom stereocenters. The molecular formula is C25H24F4N4O4. The molecule has 37 heavy (non-hydrogen) atoms. The largest absolute Gasteiger partial charge is 0.357 e. The van der Waals surface area contributed by atoms with E-state index >= 15 is 0 Å². The van der Waals surface area contributed by atoms with Gasteiger partial charge in [-0.05, 0) is 50.3 Å². The Morgan fingerprint density at radius 1 is 1.03 bits per heavy atom. The number of ketones is 1. The van der Waals surface area contributed by atoms with E-state index in [0.717, 1.165) is 18.6 Å². The molecular weight excluding hydrogens is 496 g/mol. The Labute approximate surface area is 208 Å². The summed E-state index contributed by atoms with van der Waals surface area (Å²) in [6, 6.07) is 1.89. The summed E-state index contributed by atoms with van der Waals surface area (Å²) in [4.78, 5) is 51.7. The van der Waals surface area contributed by atoms with Crippen molar-refractivity contribution >= 4 is 29.2 Å². The van der Waals surface area contributed by atoms with Crippen molar-refractivity contribution in [2.24, 2.45) is 5.92 Å². The molecule has 0 bridgehead atoms. The molecule has 2 saturated carbocycles. The van der Waals surface area contributed by atoms with E-state index in [0.29, 0.717) is 12.1 Å². The van der Waals surface area contributed by atoms with Gasteiger partial charge in [0.1, 0.15) is 22.9 Å². The van der Waals surface area contributed by atoms with E-state index in [9.17, 15) is 36.7 Å². The van der Waals surface area contributed by atoms with E-state index < -0.39 is 59.4 Å². The fraction of sp³-hybridized carbons (Fsp3) is 0.440. The zero-order chi connectivity index (χ0) is 27.0. The lowest BCUT2D eigenvalue weighted by molar-refractivity contribution is -0.164. The number of anilines is 1. The standard InChI is InChI=1S/C25H24F4N4O4/c1-10-14(26)6-13(7-15(10)27)31-21(35)19-11(2)18(17-5-12-4-16(12)33(17)19)20(34)22(36)32-24(23(37)30-3)8-25(28,29)9-24/h6-7,12,16H,4-5,8-9H2,1-3H3,(H,30,37)(H,31,35)(H,32,36)/t12-,16-/m1/s1. The third-order valence-corrected chi connectivity index (χ3v) is 7.55. The second-order valence-corrected chi connectivity index (χ2v) is 10.1. The Bertz CT molecular complexity index is 1370. The zero-order valence-electron chi connectivity index (χ0n) is 20.2. The van der Waals surface area contributed by atoms with Gasteiger partial charge in [0, 0.05) is 42.9 Å². The number of Topliss-reactive ketones (excluding diaryl/α,β-unsaturated/α-hetero) is 1. The van der Waals surface area contributed by atoms with E-state index in [1.807, 2.05) is 0 Å². The number of hydrogen-bond acceptors (Lipinski definition) is 4. The highest BCUT2D eigenvalue weighted by molar-refractivity contribution is 6.44. The van der Waals surface area contributed by atoms with Crippen LogP contribution in [0.15, 0.2) is 12.1 Å². The number of benzene rings is 1. The van der Waals surface area contributed by atoms with Crippen LogP contribution in [0.25, 0.3) is 0 Å². The fourth-order valence-corrected chi connectivity index (χ4v) is 5.61. The van der Waals surface area contributed by atoms with Crippen LogP contribution in [-0.2, 0) is 16.0 Å². The summed E-state index contributed by atoms with van der Waals surface area (Å²) in [6.07, 6.45) is -0.677. The predicted molar refractivity (Wildman–Crippen MR) is 123 cm³/mol. The first kappa shape index (κ1) is 25.0. The maximum absolute atomic E-state index is 14.0. The molecule has 0 radical (unpaired) electrons. The van der Waals surface area contributed by atoms with Crippen LogP contribution in [0.5, 0.6) is 0 Å². The number of carbonyl (C=O) groups is 4. The minimum Gasteiger partial charge on any atom is -0.357 e. The maximum Gasteiger partial charge on any atom is 0.293 e. The lowest BCUT2D eigenvalue weighted by Gasteiger charge is -2.45. The molecule has 0 spiro atoms. The highest BCUT2D eigenvalue weighted by atomic mass is 19.3. The lowest BCUT2D eigenvalue weighted by Crippen LogP contribution is -2.69. The first-order chi connectivity index (χ1) is 17.3. The number of alkyl halides is 2. The molecule has 5 rings (SSSR count). The average molecular weight is 520 g/mol. The normalized spacial score (nSPS) is 21.8. The SMILES string of the molecule is CNC(=O)C1(NC(=O)C(=O)c2c(C)c(C(=O)Nc3cc(F)c(C)c(F)c3)n3c2C[C@H]2C[C@H]23)CC(F)(F)C1. The highest BCUT2D eigenvalue weighted by Gasteiger charge is 2.62. The van der Waals surface area contributed by atoms with Crippen molar-refractivity contribution in [2.75, 3.05) is 12.4 Å². The minimum atomic E-state index is -3.16. The molecule has 1 aromatic carbocycles. The molecule has 1 aliphatic heterocycles. The number of amides is 3. The van der Waals surface area contributed by atoms with Crippen LogP contribution in [0.1, 0.15) is 63.0 Å². The highest BCUT2D eigenvalue weighted by Crippen LogP contribution is 2.54. The van der Waals surface area contributed by atoms with Crippen molar-refractivity contribution in [3.05, 3.63) is 51.8 Å². The van der Waals surface area contributed by atoms with Crippen LogP contribution in [0, 0.1) is 31.4 Å². The summed E-state index contributed by atoms with van der Waals surface area (Å²) in [7, 11) is 1.24. The topological polar surface area (TPSA) is 109 Å². The van der Waals surface area contributed by atoms with Crippen molar-refractivity contribution in [1.82, 2.24) is 15.2 Å². The predicted octanol–water partition coefficient (Wildman–Crippen LogP) is 2.97. The third-order valence-electron chi connectivity index (χ3n) is 7.55. The summed E-state index contributed by atoms with van der Waals surface area (Å²) in [5.74, 6) is -8.49. The zero-order valence-corrected chi connectivity index (χ0v) is 20.2. The summed E-state index contributed by atoms with van der Waals surface area (Å²) in [6.45, 7) is 2.73. The number of nitrogens with one attached hydrogen (secondary N) is 3. The monoisotopic (exact) mass is 520 g/mol. The van der Waals surface area contributed by atoms with Gasteiger partial charge < -0.3 is 20.5 Å². The van der Waals surface area contributed by atoms with Gasteiger partial charge >= 0.3 is 0 Å². The van der Waals surface area contributed by atoms with Crippen LogP contribution in [0.2, 0.25) is 0 Å². The molecule has 12 heteroatoms. The van der Waals surface area contributed by atoms with Crippen LogP contribution >= 0.6 is 0 Å².